The molecule has 1 aromatic rings. The fourth-order valence-corrected chi connectivity index (χ4v) is 5.12. The summed E-state index contributed by atoms with van der Waals surface area (Å²) in [5.41, 5.74) is 1.19. The molecule has 0 saturated carbocycles. The number of carbonyl (C=O) groups is 1. The van der Waals surface area contributed by atoms with Gasteiger partial charge in [0.2, 0.25) is 5.91 Å². The standard InChI is InChI=1S/C16H22N2O3S/c19-16(12-14-6-11-22(20,21)13-14)18-9-7-17(8-10-18)15-4-2-1-3-5-15/h1-5,14H,6-13H2. The monoisotopic (exact) mass is 322 g/mol. The summed E-state index contributed by atoms with van der Waals surface area (Å²) in [6.07, 6.45) is 1.02. The summed E-state index contributed by atoms with van der Waals surface area (Å²) >= 11 is 0. The van der Waals surface area contributed by atoms with Gasteiger partial charge in [0.25, 0.3) is 0 Å². The highest BCUT2D eigenvalue weighted by Crippen LogP contribution is 2.23. The summed E-state index contributed by atoms with van der Waals surface area (Å²) in [6, 6.07) is 10.2. The van der Waals surface area contributed by atoms with E-state index in [1.165, 1.54) is 5.69 Å². The van der Waals surface area contributed by atoms with E-state index in [9.17, 15) is 13.2 Å². The van der Waals surface area contributed by atoms with Crippen molar-refractivity contribution in [2.75, 3.05) is 42.6 Å². The van der Waals surface area contributed by atoms with Crippen LogP contribution in [-0.4, -0.2) is 56.9 Å². The van der Waals surface area contributed by atoms with Crippen molar-refractivity contribution in [3.63, 3.8) is 0 Å². The number of rotatable bonds is 3. The number of anilines is 1. The van der Waals surface area contributed by atoms with E-state index >= 15 is 0 Å². The van der Waals surface area contributed by atoms with E-state index in [4.69, 9.17) is 0 Å². The third kappa shape index (κ3) is 3.61. The lowest BCUT2D eigenvalue weighted by Gasteiger charge is -2.36. The first-order valence-corrected chi connectivity index (χ1v) is 9.64. The lowest BCUT2D eigenvalue weighted by atomic mass is 10.0. The second-order valence-corrected chi connectivity index (χ2v) is 8.41. The SMILES string of the molecule is O=C(CC1CCS(=O)(=O)C1)N1CCN(c2ccccc2)CC1. The van der Waals surface area contributed by atoms with Crippen molar-refractivity contribution in [1.29, 1.82) is 0 Å². The van der Waals surface area contributed by atoms with Crippen LogP contribution in [0.4, 0.5) is 5.69 Å². The Labute approximate surface area is 131 Å². The maximum atomic E-state index is 12.3. The predicted molar refractivity (Wildman–Crippen MR) is 86.6 cm³/mol. The normalized spacial score (nSPS) is 24.5. The number of piperazine rings is 1. The van der Waals surface area contributed by atoms with Crippen molar-refractivity contribution < 1.29 is 13.2 Å². The number of para-hydroxylation sites is 1. The van der Waals surface area contributed by atoms with Crippen LogP contribution in [0.25, 0.3) is 0 Å². The number of hydrogen-bond acceptors (Lipinski definition) is 4. The number of sulfone groups is 1. The van der Waals surface area contributed by atoms with E-state index in [1.807, 2.05) is 23.1 Å². The average Bonchev–Trinajstić information content (AvgIpc) is 2.87. The zero-order valence-electron chi connectivity index (χ0n) is 12.6. The van der Waals surface area contributed by atoms with Gasteiger partial charge < -0.3 is 9.80 Å². The first-order chi connectivity index (χ1) is 10.5. The summed E-state index contributed by atoms with van der Waals surface area (Å²) in [6.45, 7) is 3.10. The van der Waals surface area contributed by atoms with Gasteiger partial charge in [-0.1, -0.05) is 18.2 Å². The van der Waals surface area contributed by atoms with Crippen LogP contribution in [0.5, 0.6) is 0 Å². The van der Waals surface area contributed by atoms with Gasteiger partial charge in [-0.05, 0) is 24.5 Å². The van der Waals surface area contributed by atoms with Crippen molar-refractivity contribution in [3.05, 3.63) is 30.3 Å². The molecule has 5 nitrogen and oxygen atoms in total. The molecule has 0 N–H and O–H groups in total. The Bertz CT molecular complexity index is 622. The third-order valence-corrected chi connectivity index (χ3v) is 6.38. The zero-order valence-corrected chi connectivity index (χ0v) is 13.5. The van der Waals surface area contributed by atoms with Gasteiger partial charge in [-0.15, -0.1) is 0 Å². The Morgan fingerprint density at radius 3 is 2.36 bits per heavy atom. The zero-order chi connectivity index (χ0) is 15.6. The highest BCUT2D eigenvalue weighted by Gasteiger charge is 2.31. The molecule has 0 bridgehead atoms. The molecule has 120 valence electrons. The highest BCUT2D eigenvalue weighted by molar-refractivity contribution is 7.91. The minimum Gasteiger partial charge on any atom is -0.368 e. The van der Waals surface area contributed by atoms with E-state index in [-0.39, 0.29) is 23.3 Å². The van der Waals surface area contributed by atoms with Gasteiger partial charge in [0.15, 0.2) is 9.84 Å². The van der Waals surface area contributed by atoms with E-state index < -0.39 is 9.84 Å². The number of carbonyl (C=O) groups excluding carboxylic acids is 1. The van der Waals surface area contributed by atoms with Gasteiger partial charge in [0.05, 0.1) is 11.5 Å². The fourth-order valence-electron chi connectivity index (χ4n) is 3.26. The van der Waals surface area contributed by atoms with Gasteiger partial charge in [0.1, 0.15) is 0 Å². The molecule has 3 rings (SSSR count). The second-order valence-electron chi connectivity index (χ2n) is 6.18. The van der Waals surface area contributed by atoms with Gasteiger partial charge >= 0.3 is 0 Å². The molecule has 0 spiro atoms. The minimum absolute atomic E-state index is 0.0182. The van der Waals surface area contributed by atoms with Crippen LogP contribution in [-0.2, 0) is 14.6 Å². The molecule has 2 saturated heterocycles. The molecule has 2 aliphatic heterocycles. The van der Waals surface area contributed by atoms with Crippen LogP contribution >= 0.6 is 0 Å². The molecule has 1 aromatic carbocycles. The molecule has 6 heteroatoms. The number of nitrogens with zero attached hydrogens (tertiary/aromatic N) is 2. The molecular formula is C16H22N2O3S. The van der Waals surface area contributed by atoms with Crippen molar-refractivity contribution in [3.8, 4) is 0 Å². The lowest BCUT2D eigenvalue weighted by Crippen LogP contribution is -2.49. The third-order valence-electron chi connectivity index (χ3n) is 4.54. The van der Waals surface area contributed by atoms with E-state index in [2.05, 4.69) is 17.0 Å². The molecule has 1 unspecified atom stereocenters. The quantitative estimate of drug-likeness (QED) is 0.838. The fraction of sp³-hybridized carbons (Fsp3) is 0.562. The molecule has 2 fully saturated rings. The van der Waals surface area contributed by atoms with Crippen LogP contribution in [0, 0.1) is 5.92 Å². The van der Waals surface area contributed by atoms with E-state index in [0.29, 0.717) is 25.9 Å². The van der Waals surface area contributed by atoms with E-state index in [1.54, 1.807) is 0 Å². The number of benzene rings is 1. The summed E-state index contributed by atoms with van der Waals surface area (Å²) in [5.74, 6) is 0.551. The molecular weight excluding hydrogens is 300 g/mol. The van der Waals surface area contributed by atoms with Crippen LogP contribution in [0.3, 0.4) is 0 Å². The van der Waals surface area contributed by atoms with Gasteiger partial charge in [-0.2, -0.15) is 0 Å². The maximum Gasteiger partial charge on any atom is 0.223 e. The van der Waals surface area contributed by atoms with Gasteiger partial charge in [0, 0.05) is 38.3 Å². The molecule has 0 aromatic heterocycles. The van der Waals surface area contributed by atoms with Crippen molar-refractivity contribution in [1.82, 2.24) is 4.90 Å². The summed E-state index contributed by atoms with van der Waals surface area (Å²) in [4.78, 5) is 16.5. The van der Waals surface area contributed by atoms with Crippen LogP contribution < -0.4 is 4.90 Å². The molecule has 1 amide bonds. The Hall–Kier alpha value is -1.56. The molecule has 0 radical (unpaired) electrons. The summed E-state index contributed by atoms with van der Waals surface area (Å²) < 4.78 is 22.9. The van der Waals surface area contributed by atoms with Crippen molar-refractivity contribution in [2.45, 2.75) is 12.8 Å². The number of amides is 1. The second kappa shape index (κ2) is 6.28. The lowest BCUT2D eigenvalue weighted by molar-refractivity contribution is -0.132. The minimum atomic E-state index is -2.90. The summed E-state index contributed by atoms with van der Waals surface area (Å²) in [5, 5.41) is 0. The van der Waals surface area contributed by atoms with Crippen LogP contribution in [0.2, 0.25) is 0 Å². The summed E-state index contributed by atoms with van der Waals surface area (Å²) in [7, 11) is -2.90. The predicted octanol–water partition coefficient (Wildman–Crippen LogP) is 1.16. The molecule has 2 aliphatic rings. The van der Waals surface area contributed by atoms with Gasteiger partial charge in [-0.25, -0.2) is 8.42 Å². The molecule has 0 aliphatic carbocycles. The van der Waals surface area contributed by atoms with Crippen LogP contribution in [0.1, 0.15) is 12.8 Å². The Kier molecular flexibility index (Phi) is 4.38. The van der Waals surface area contributed by atoms with E-state index in [0.717, 1.165) is 13.1 Å². The largest absolute Gasteiger partial charge is 0.368 e. The number of hydrogen-bond donors (Lipinski definition) is 0. The maximum absolute atomic E-state index is 12.3. The smallest absolute Gasteiger partial charge is 0.223 e. The molecule has 1 atom stereocenters. The molecule has 22 heavy (non-hydrogen) atoms. The highest BCUT2D eigenvalue weighted by atomic mass is 32.2. The first kappa shape index (κ1) is 15.3. The van der Waals surface area contributed by atoms with Crippen molar-refractivity contribution in [2.24, 2.45) is 5.92 Å². The Morgan fingerprint density at radius 2 is 1.77 bits per heavy atom. The topological polar surface area (TPSA) is 57.7 Å². The Morgan fingerprint density at radius 1 is 1.09 bits per heavy atom. The molecule has 2 heterocycles. The van der Waals surface area contributed by atoms with Crippen LogP contribution in [0.15, 0.2) is 30.3 Å². The van der Waals surface area contributed by atoms with Crippen molar-refractivity contribution >= 4 is 21.4 Å². The first-order valence-electron chi connectivity index (χ1n) is 7.82. The Balaban J connectivity index is 1.50. The average molecular weight is 322 g/mol. The van der Waals surface area contributed by atoms with Gasteiger partial charge in [-0.3, -0.25) is 4.79 Å².